The number of halogens is 2. The molecule has 1 aromatic heterocycles. The van der Waals surface area contributed by atoms with Crippen molar-refractivity contribution < 1.29 is 28.0 Å². The normalized spacial score (nSPS) is 11.2. The maximum atomic E-state index is 13.6. The zero-order chi connectivity index (χ0) is 17.9. The third-order valence-electron chi connectivity index (χ3n) is 2.94. The maximum absolute atomic E-state index is 13.6. The monoisotopic (exact) mass is 339 g/mol. The Morgan fingerprint density at radius 3 is 2.79 bits per heavy atom. The van der Waals surface area contributed by atoms with Crippen molar-refractivity contribution >= 4 is 37.1 Å². The second-order valence-electron chi connectivity index (χ2n) is 4.43. The Balaban J connectivity index is 2.54. The first kappa shape index (κ1) is 17.0. The fourth-order valence-corrected chi connectivity index (χ4v) is 1.80. The minimum atomic E-state index is -1.14. The SMILES string of the molecule is Bc1cc(N(C)/C(=N\OC=O)c2nonc2[N+](=O)[O-])cc(F)c1F. The fraction of sp³-hybridized carbons (Fsp3) is 0.0909. The molecule has 0 fully saturated rings. The number of benzene rings is 1. The lowest BCUT2D eigenvalue weighted by Crippen LogP contribution is -2.30. The van der Waals surface area contributed by atoms with E-state index < -0.39 is 28.1 Å². The van der Waals surface area contributed by atoms with E-state index in [1.165, 1.54) is 21.0 Å². The molecule has 0 radical (unpaired) electrons. The molecule has 10 nitrogen and oxygen atoms in total. The van der Waals surface area contributed by atoms with Crippen LogP contribution in [-0.2, 0) is 9.63 Å². The first-order valence-electron chi connectivity index (χ1n) is 6.21. The minimum absolute atomic E-state index is 0.0136. The van der Waals surface area contributed by atoms with Crippen LogP contribution >= 0.6 is 0 Å². The maximum Gasteiger partial charge on any atom is 0.446 e. The van der Waals surface area contributed by atoms with Crippen LogP contribution in [-0.4, -0.2) is 42.4 Å². The lowest BCUT2D eigenvalue weighted by Gasteiger charge is -2.19. The van der Waals surface area contributed by atoms with Crippen LogP contribution in [0.15, 0.2) is 21.9 Å². The number of nitrogens with zero attached hydrogens (tertiary/aromatic N) is 5. The van der Waals surface area contributed by atoms with E-state index in [1.807, 2.05) is 0 Å². The van der Waals surface area contributed by atoms with Crippen LogP contribution in [0.2, 0.25) is 0 Å². The van der Waals surface area contributed by atoms with Gasteiger partial charge in [0.25, 0.3) is 5.69 Å². The molecular weight excluding hydrogens is 331 g/mol. The molecule has 13 heteroatoms. The van der Waals surface area contributed by atoms with Gasteiger partial charge < -0.3 is 19.9 Å². The zero-order valence-electron chi connectivity index (χ0n) is 12.3. The van der Waals surface area contributed by atoms with Crippen molar-refractivity contribution in [2.24, 2.45) is 5.16 Å². The van der Waals surface area contributed by atoms with Gasteiger partial charge in [0.1, 0.15) is 7.85 Å². The molecule has 0 aliphatic heterocycles. The highest BCUT2D eigenvalue weighted by atomic mass is 19.2. The summed E-state index contributed by atoms with van der Waals surface area (Å²) in [6, 6.07) is 2.09. The number of hydrogen-bond acceptors (Lipinski definition) is 8. The number of anilines is 1. The molecule has 24 heavy (non-hydrogen) atoms. The first-order chi connectivity index (χ1) is 11.4. The second-order valence-corrected chi connectivity index (χ2v) is 4.43. The Kier molecular flexibility index (Phi) is 4.82. The molecule has 2 rings (SSSR count). The van der Waals surface area contributed by atoms with Gasteiger partial charge in [-0.05, 0) is 21.6 Å². The van der Waals surface area contributed by atoms with Crippen molar-refractivity contribution in [3.63, 3.8) is 0 Å². The van der Waals surface area contributed by atoms with E-state index in [0.29, 0.717) is 0 Å². The first-order valence-corrected chi connectivity index (χ1v) is 6.21. The minimum Gasteiger partial charge on any atom is -0.358 e. The number of carbonyl (C=O) groups excluding carboxylic acids is 1. The summed E-state index contributed by atoms with van der Waals surface area (Å²) in [5, 5.41) is 20.7. The van der Waals surface area contributed by atoms with Gasteiger partial charge in [-0.2, -0.15) is 0 Å². The number of rotatable bonds is 5. The van der Waals surface area contributed by atoms with E-state index in [2.05, 4.69) is 24.9 Å². The molecule has 0 atom stereocenters. The number of amidine groups is 1. The van der Waals surface area contributed by atoms with Crippen molar-refractivity contribution in [2.45, 2.75) is 0 Å². The summed E-state index contributed by atoms with van der Waals surface area (Å²) < 4.78 is 31.3. The zero-order valence-corrected chi connectivity index (χ0v) is 12.3. The molecule has 0 bridgehead atoms. The molecule has 0 amide bonds. The van der Waals surface area contributed by atoms with Crippen molar-refractivity contribution in [3.05, 3.63) is 39.6 Å². The number of aromatic nitrogens is 2. The molecule has 1 heterocycles. The molecular formula is C11H8BF2N5O5. The Bertz CT molecular complexity index is 804. The van der Waals surface area contributed by atoms with Gasteiger partial charge in [-0.25, -0.2) is 8.78 Å². The molecule has 1 aromatic carbocycles. The average Bonchev–Trinajstić information content (AvgIpc) is 3.02. The van der Waals surface area contributed by atoms with Gasteiger partial charge in [-0.1, -0.05) is 5.16 Å². The third kappa shape index (κ3) is 3.18. The summed E-state index contributed by atoms with van der Waals surface area (Å²) in [7, 11) is 2.64. The van der Waals surface area contributed by atoms with Crippen LogP contribution in [0.1, 0.15) is 5.69 Å². The van der Waals surface area contributed by atoms with E-state index >= 15 is 0 Å². The smallest absolute Gasteiger partial charge is 0.358 e. The van der Waals surface area contributed by atoms with Crippen LogP contribution in [0.3, 0.4) is 0 Å². The predicted octanol–water partition coefficient (Wildman–Crippen LogP) is -0.515. The number of oxime groups is 1. The second kappa shape index (κ2) is 6.81. The van der Waals surface area contributed by atoms with Crippen molar-refractivity contribution in [1.82, 2.24) is 10.3 Å². The van der Waals surface area contributed by atoms with Crippen LogP contribution < -0.4 is 10.4 Å². The summed E-state index contributed by atoms with van der Waals surface area (Å²) in [6.45, 7) is -0.0380. The van der Waals surface area contributed by atoms with Crippen molar-refractivity contribution in [2.75, 3.05) is 11.9 Å². The van der Waals surface area contributed by atoms with Crippen LogP contribution in [0.25, 0.3) is 0 Å². The van der Waals surface area contributed by atoms with Crippen molar-refractivity contribution in [3.8, 4) is 0 Å². The number of nitro groups is 1. The van der Waals surface area contributed by atoms with E-state index in [1.54, 1.807) is 0 Å². The standard InChI is InChI=1S/C11H8BF2N5O5/c1-18(5-2-6(12)8(14)7(13)3-5)10(16-23-4-20)9-11(19(21)22)17-24-15-9/h2-4H,12H2,1H3/b16-10-. The molecule has 0 N–H and O–H groups in total. The van der Waals surface area contributed by atoms with Gasteiger partial charge in [0.15, 0.2) is 16.8 Å². The fourth-order valence-electron chi connectivity index (χ4n) is 1.80. The quantitative estimate of drug-likeness (QED) is 0.136. The molecule has 0 saturated heterocycles. The van der Waals surface area contributed by atoms with E-state index in [0.717, 1.165) is 11.0 Å². The van der Waals surface area contributed by atoms with Crippen LogP contribution in [0.5, 0.6) is 0 Å². The Labute approximate surface area is 133 Å². The van der Waals surface area contributed by atoms with Gasteiger partial charge in [0.2, 0.25) is 5.84 Å². The lowest BCUT2D eigenvalue weighted by molar-refractivity contribution is -0.391. The molecule has 0 saturated carbocycles. The number of carbonyl (C=O) groups is 1. The largest absolute Gasteiger partial charge is 0.446 e. The van der Waals surface area contributed by atoms with E-state index in [9.17, 15) is 23.7 Å². The Morgan fingerprint density at radius 1 is 1.50 bits per heavy atom. The van der Waals surface area contributed by atoms with E-state index in [4.69, 9.17) is 0 Å². The highest BCUT2D eigenvalue weighted by Crippen LogP contribution is 2.21. The van der Waals surface area contributed by atoms with Crippen molar-refractivity contribution in [1.29, 1.82) is 0 Å². The highest BCUT2D eigenvalue weighted by Gasteiger charge is 2.31. The van der Waals surface area contributed by atoms with Gasteiger partial charge >= 0.3 is 12.3 Å². The van der Waals surface area contributed by atoms with Gasteiger partial charge in [0, 0.05) is 18.8 Å². The summed E-state index contributed by atoms with van der Waals surface area (Å²) in [4.78, 5) is 25.7. The molecule has 0 spiro atoms. The Morgan fingerprint density at radius 2 is 2.21 bits per heavy atom. The van der Waals surface area contributed by atoms with Crippen LogP contribution in [0.4, 0.5) is 20.3 Å². The van der Waals surface area contributed by atoms with E-state index in [-0.39, 0.29) is 23.5 Å². The average molecular weight is 339 g/mol. The van der Waals surface area contributed by atoms with Gasteiger partial charge in [-0.15, -0.1) is 4.63 Å². The predicted molar refractivity (Wildman–Crippen MR) is 77.6 cm³/mol. The third-order valence-corrected chi connectivity index (χ3v) is 2.94. The number of hydrogen-bond donors (Lipinski definition) is 0. The lowest BCUT2D eigenvalue weighted by atomic mass is 9.94. The molecule has 0 aliphatic carbocycles. The van der Waals surface area contributed by atoms with Crippen LogP contribution in [0, 0.1) is 21.7 Å². The topological polar surface area (TPSA) is 124 Å². The molecule has 124 valence electrons. The summed E-state index contributed by atoms with van der Waals surface area (Å²) in [5.41, 5.74) is -0.413. The Hall–Kier alpha value is -3.38. The summed E-state index contributed by atoms with van der Waals surface area (Å²) in [6.07, 6.45) is 0. The molecule has 0 unspecified atom stereocenters. The summed E-state index contributed by atoms with van der Waals surface area (Å²) in [5.74, 6) is -3.35. The summed E-state index contributed by atoms with van der Waals surface area (Å²) >= 11 is 0. The molecule has 2 aromatic rings. The van der Waals surface area contributed by atoms with Gasteiger partial charge in [0.05, 0.1) is 0 Å². The van der Waals surface area contributed by atoms with Gasteiger partial charge in [-0.3, -0.25) is 4.79 Å². The highest BCUT2D eigenvalue weighted by molar-refractivity contribution is 6.33. The molecule has 0 aliphatic rings.